The molecule has 0 aliphatic carbocycles. The molecule has 1 saturated heterocycles. The van der Waals surface area contributed by atoms with Gasteiger partial charge in [0.25, 0.3) is 0 Å². The first-order valence-electron chi connectivity index (χ1n) is 5.88. The fourth-order valence-corrected chi connectivity index (χ4v) is 2.00. The van der Waals surface area contributed by atoms with Crippen LogP contribution in [0, 0.1) is 6.92 Å². The largest absolute Gasteiger partial charge is 0.506 e. The van der Waals surface area contributed by atoms with Crippen LogP contribution in [0.1, 0.15) is 11.4 Å². The lowest BCUT2D eigenvalue weighted by molar-refractivity contribution is -0.0266. The van der Waals surface area contributed by atoms with Crippen molar-refractivity contribution in [1.29, 1.82) is 0 Å². The summed E-state index contributed by atoms with van der Waals surface area (Å²) in [5.74, 6) is 0.256. The average molecular weight is 237 g/mol. The summed E-state index contributed by atoms with van der Waals surface area (Å²) in [5.41, 5.74) is 7.24. The van der Waals surface area contributed by atoms with Crippen LogP contribution in [0.5, 0.6) is 5.75 Å². The van der Waals surface area contributed by atoms with Gasteiger partial charge in [-0.25, -0.2) is 0 Å². The molecule has 0 bridgehead atoms. The first-order valence-corrected chi connectivity index (χ1v) is 5.88. The number of ether oxygens (including phenoxy) is 1. The number of nitrogens with zero attached hydrogens (tertiary/aromatic N) is 2. The Labute approximate surface area is 101 Å². The highest BCUT2D eigenvalue weighted by Gasteiger charge is 2.20. The highest BCUT2D eigenvalue weighted by atomic mass is 16.5. The molecular formula is C12H19N3O2. The minimum Gasteiger partial charge on any atom is -0.506 e. The molecule has 1 aromatic heterocycles. The van der Waals surface area contributed by atoms with Crippen LogP contribution in [0.2, 0.25) is 0 Å². The van der Waals surface area contributed by atoms with Crippen molar-refractivity contribution in [3.63, 3.8) is 0 Å². The number of hydrogen-bond donors (Lipinski definition) is 2. The fraction of sp³-hybridized carbons (Fsp3) is 0.583. The Morgan fingerprint density at radius 2 is 2.41 bits per heavy atom. The quantitative estimate of drug-likeness (QED) is 0.788. The molecule has 17 heavy (non-hydrogen) atoms. The van der Waals surface area contributed by atoms with Gasteiger partial charge in [0.2, 0.25) is 0 Å². The molecule has 1 unspecified atom stereocenters. The molecule has 94 valence electrons. The molecule has 2 rings (SSSR count). The third-order valence-corrected chi connectivity index (χ3v) is 2.95. The summed E-state index contributed by atoms with van der Waals surface area (Å²) in [6.07, 6.45) is 0.0932. The molecule has 1 aromatic rings. The number of pyridine rings is 1. The number of nitrogens with two attached hydrogens (primary N) is 1. The zero-order valence-corrected chi connectivity index (χ0v) is 10.1. The average Bonchev–Trinajstić information content (AvgIpc) is 2.34. The van der Waals surface area contributed by atoms with Gasteiger partial charge in [0.05, 0.1) is 18.4 Å². The summed E-state index contributed by atoms with van der Waals surface area (Å²) in [4.78, 5) is 6.56. The predicted molar refractivity (Wildman–Crippen MR) is 64.7 cm³/mol. The summed E-state index contributed by atoms with van der Waals surface area (Å²) in [5, 5.41) is 9.74. The molecule has 5 heteroatoms. The van der Waals surface area contributed by atoms with Crippen LogP contribution in [-0.2, 0) is 11.3 Å². The molecule has 0 saturated carbocycles. The number of aryl methyl sites for hydroxylation is 1. The van der Waals surface area contributed by atoms with Gasteiger partial charge in [-0.05, 0) is 19.1 Å². The molecule has 0 aromatic carbocycles. The smallest absolute Gasteiger partial charge is 0.138 e. The predicted octanol–water partition coefficient (Wildman–Crippen LogP) is 0.255. The van der Waals surface area contributed by atoms with Gasteiger partial charge < -0.3 is 15.6 Å². The monoisotopic (exact) mass is 237 g/mol. The second-order valence-electron chi connectivity index (χ2n) is 4.38. The van der Waals surface area contributed by atoms with Crippen molar-refractivity contribution in [3.05, 3.63) is 23.5 Å². The minimum atomic E-state index is 0.0932. The van der Waals surface area contributed by atoms with Gasteiger partial charge >= 0.3 is 0 Å². The van der Waals surface area contributed by atoms with E-state index in [9.17, 15) is 5.11 Å². The SMILES string of the molecule is Cc1ccc(O)c(CN2CCOC(CN)C2)n1. The summed E-state index contributed by atoms with van der Waals surface area (Å²) in [6.45, 7) is 5.44. The van der Waals surface area contributed by atoms with Crippen LogP contribution < -0.4 is 5.73 Å². The van der Waals surface area contributed by atoms with E-state index in [2.05, 4.69) is 9.88 Å². The van der Waals surface area contributed by atoms with E-state index in [0.717, 1.165) is 24.5 Å². The molecule has 0 spiro atoms. The van der Waals surface area contributed by atoms with Crippen LogP contribution in [0.3, 0.4) is 0 Å². The third kappa shape index (κ3) is 3.15. The van der Waals surface area contributed by atoms with E-state index >= 15 is 0 Å². The van der Waals surface area contributed by atoms with Crippen molar-refractivity contribution >= 4 is 0 Å². The minimum absolute atomic E-state index is 0.0932. The second-order valence-corrected chi connectivity index (χ2v) is 4.38. The van der Waals surface area contributed by atoms with Crippen LogP contribution in [0.25, 0.3) is 0 Å². The lowest BCUT2D eigenvalue weighted by Gasteiger charge is -2.32. The van der Waals surface area contributed by atoms with Crippen LogP contribution in [0.15, 0.2) is 12.1 Å². The molecular weight excluding hydrogens is 218 g/mol. The summed E-state index contributed by atoms with van der Waals surface area (Å²) >= 11 is 0. The van der Waals surface area contributed by atoms with E-state index in [4.69, 9.17) is 10.5 Å². The summed E-state index contributed by atoms with van der Waals surface area (Å²) in [7, 11) is 0. The van der Waals surface area contributed by atoms with E-state index in [1.807, 2.05) is 6.92 Å². The fourth-order valence-electron chi connectivity index (χ4n) is 2.00. The van der Waals surface area contributed by atoms with Gasteiger partial charge in [-0.15, -0.1) is 0 Å². The van der Waals surface area contributed by atoms with Gasteiger partial charge in [-0.3, -0.25) is 9.88 Å². The van der Waals surface area contributed by atoms with Crippen LogP contribution >= 0.6 is 0 Å². The van der Waals surface area contributed by atoms with Gasteiger partial charge in [0.15, 0.2) is 0 Å². The van der Waals surface area contributed by atoms with Gasteiger partial charge in [0.1, 0.15) is 5.75 Å². The molecule has 1 aliphatic rings. The number of morpholine rings is 1. The van der Waals surface area contributed by atoms with Crippen LogP contribution in [-0.4, -0.2) is 47.3 Å². The van der Waals surface area contributed by atoms with Gasteiger partial charge in [0, 0.05) is 31.9 Å². The third-order valence-electron chi connectivity index (χ3n) is 2.95. The van der Waals surface area contributed by atoms with E-state index in [1.54, 1.807) is 12.1 Å². The molecule has 3 N–H and O–H groups in total. The van der Waals surface area contributed by atoms with E-state index in [0.29, 0.717) is 19.7 Å². The van der Waals surface area contributed by atoms with Crippen LogP contribution in [0.4, 0.5) is 0 Å². The summed E-state index contributed by atoms with van der Waals surface area (Å²) < 4.78 is 5.50. The first kappa shape index (κ1) is 12.3. The van der Waals surface area contributed by atoms with Gasteiger partial charge in [-0.2, -0.15) is 0 Å². The zero-order valence-electron chi connectivity index (χ0n) is 10.1. The van der Waals surface area contributed by atoms with Crippen molar-refractivity contribution in [1.82, 2.24) is 9.88 Å². The van der Waals surface area contributed by atoms with Gasteiger partial charge in [-0.1, -0.05) is 0 Å². The molecule has 1 aliphatic heterocycles. The van der Waals surface area contributed by atoms with Crippen molar-refractivity contribution in [2.75, 3.05) is 26.2 Å². The zero-order chi connectivity index (χ0) is 12.3. The number of rotatable bonds is 3. The first-order chi connectivity index (χ1) is 8.19. The Balaban J connectivity index is 2.02. The maximum absolute atomic E-state index is 9.74. The van der Waals surface area contributed by atoms with Crippen molar-refractivity contribution in [2.24, 2.45) is 5.73 Å². The van der Waals surface area contributed by atoms with E-state index in [1.165, 1.54) is 0 Å². The number of aromatic nitrogens is 1. The Kier molecular flexibility index (Phi) is 3.93. The second kappa shape index (κ2) is 5.44. The normalized spacial score (nSPS) is 21.6. The van der Waals surface area contributed by atoms with Crippen molar-refractivity contribution in [3.8, 4) is 5.75 Å². The Morgan fingerprint density at radius 1 is 1.59 bits per heavy atom. The highest BCUT2D eigenvalue weighted by molar-refractivity contribution is 5.27. The van der Waals surface area contributed by atoms with E-state index < -0.39 is 0 Å². The maximum Gasteiger partial charge on any atom is 0.138 e. The van der Waals surface area contributed by atoms with E-state index in [-0.39, 0.29) is 11.9 Å². The van der Waals surface area contributed by atoms with Crippen molar-refractivity contribution < 1.29 is 9.84 Å². The molecule has 0 radical (unpaired) electrons. The topological polar surface area (TPSA) is 71.6 Å². The Bertz CT molecular complexity index is 384. The lowest BCUT2D eigenvalue weighted by Crippen LogP contribution is -2.45. The summed E-state index contributed by atoms with van der Waals surface area (Å²) in [6, 6.07) is 3.50. The number of hydrogen-bond acceptors (Lipinski definition) is 5. The van der Waals surface area contributed by atoms with Crippen molar-refractivity contribution in [2.45, 2.75) is 19.6 Å². The Hall–Kier alpha value is -1.17. The number of aromatic hydroxyl groups is 1. The molecule has 0 amide bonds. The Morgan fingerprint density at radius 3 is 3.18 bits per heavy atom. The molecule has 5 nitrogen and oxygen atoms in total. The molecule has 1 atom stereocenters. The molecule has 2 heterocycles. The lowest BCUT2D eigenvalue weighted by atomic mass is 10.2. The molecule has 1 fully saturated rings. The standard InChI is InChI=1S/C12H19N3O2/c1-9-2-3-12(16)11(14-9)8-15-4-5-17-10(6-13)7-15/h2-3,10,16H,4-8,13H2,1H3. The highest BCUT2D eigenvalue weighted by Crippen LogP contribution is 2.18. The maximum atomic E-state index is 9.74.